The molecule has 1 aliphatic heterocycles. The summed E-state index contributed by atoms with van der Waals surface area (Å²) in [6, 6.07) is 1.72. The van der Waals surface area contributed by atoms with Crippen LogP contribution in [0.3, 0.4) is 0 Å². The lowest BCUT2D eigenvalue weighted by molar-refractivity contribution is 0.198. The molecule has 1 saturated heterocycles. The Morgan fingerprint density at radius 1 is 1.37 bits per heavy atom. The number of allylic oxidation sites excluding steroid dienone is 3. The fraction of sp³-hybridized carbons (Fsp3) is 0.522. The Balaban J connectivity index is 1.73. The highest BCUT2D eigenvalue weighted by Gasteiger charge is 2.14. The Morgan fingerprint density at radius 3 is 2.90 bits per heavy atom. The van der Waals surface area contributed by atoms with Crippen LogP contribution in [0.4, 0.5) is 0 Å². The quantitative estimate of drug-likeness (QED) is 0.434. The highest BCUT2D eigenvalue weighted by atomic mass is 16.5. The van der Waals surface area contributed by atoms with Crippen LogP contribution in [-0.2, 0) is 17.9 Å². The van der Waals surface area contributed by atoms with Gasteiger partial charge in [-0.3, -0.25) is 9.78 Å². The van der Waals surface area contributed by atoms with Crippen LogP contribution in [0.5, 0.6) is 0 Å². The molecule has 162 valence electrons. The van der Waals surface area contributed by atoms with Crippen molar-refractivity contribution in [1.82, 2.24) is 25.6 Å². The summed E-state index contributed by atoms with van der Waals surface area (Å²) in [7, 11) is 0. The fourth-order valence-electron chi connectivity index (χ4n) is 3.82. The zero-order valence-corrected chi connectivity index (χ0v) is 18.3. The van der Waals surface area contributed by atoms with Gasteiger partial charge in [-0.05, 0) is 76.4 Å². The molecule has 0 bridgehead atoms. The van der Waals surface area contributed by atoms with Gasteiger partial charge in [-0.15, -0.1) is 0 Å². The number of piperidine rings is 1. The summed E-state index contributed by atoms with van der Waals surface area (Å²) < 4.78 is 5.91. The van der Waals surface area contributed by atoms with Crippen molar-refractivity contribution in [2.75, 3.05) is 19.6 Å². The second-order valence-electron chi connectivity index (χ2n) is 7.73. The van der Waals surface area contributed by atoms with E-state index in [9.17, 15) is 4.79 Å². The first-order valence-electron chi connectivity index (χ1n) is 10.9. The van der Waals surface area contributed by atoms with E-state index in [2.05, 4.69) is 38.6 Å². The van der Waals surface area contributed by atoms with Crippen molar-refractivity contribution in [3.8, 4) is 0 Å². The van der Waals surface area contributed by atoms with Gasteiger partial charge in [0.1, 0.15) is 23.7 Å². The van der Waals surface area contributed by atoms with Gasteiger partial charge in [0, 0.05) is 12.7 Å². The van der Waals surface area contributed by atoms with E-state index in [1.807, 2.05) is 19.9 Å². The molecule has 7 nitrogen and oxygen atoms in total. The molecular formula is C23H33N5O2. The van der Waals surface area contributed by atoms with Gasteiger partial charge in [0.15, 0.2) is 0 Å². The predicted molar refractivity (Wildman–Crippen MR) is 120 cm³/mol. The molecule has 0 atom stereocenters. The van der Waals surface area contributed by atoms with Crippen LogP contribution < -0.4 is 16.2 Å². The van der Waals surface area contributed by atoms with Crippen LogP contribution in [0.1, 0.15) is 51.6 Å². The van der Waals surface area contributed by atoms with Gasteiger partial charge in [-0.25, -0.2) is 4.98 Å². The smallest absolute Gasteiger partial charge is 0.258 e. The van der Waals surface area contributed by atoms with E-state index in [4.69, 9.17) is 4.74 Å². The van der Waals surface area contributed by atoms with Crippen molar-refractivity contribution >= 4 is 10.9 Å². The minimum atomic E-state index is -0.163. The molecule has 0 aromatic carbocycles. The van der Waals surface area contributed by atoms with Gasteiger partial charge in [0.25, 0.3) is 5.56 Å². The molecule has 1 aliphatic rings. The first-order chi connectivity index (χ1) is 14.6. The molecule has 0 saturated carbocycles. The highest BCUT2D eigenvalue weighted by Crippen LogP contribution is 2.16. The summed E-state index contributed by atoms with van der Waals surface area (Å²) in [6.07, 6.45) is 9.04. The number of rotatable bonds is 9. The van der Waals surface area contributed by atoms with E-state index in [0.29, 0.717) is 29.2 Å². The van der Waals surface area contributed by atoms with E-state index < -0.39 is 0 Å². The van der Waals surface area contributed by atoms with E-state index in [-0.39, 0.29) is 12.2 Å². The molecule has 2 aromatic heterocycles. The fourth-order valence-corrected chi connectivity index (χ4v) is 3.82. The zero-order chi connectivity index (χ0) is 21.3. The molecule has 2 aromatic rings. The third kappa shape index (κ3) is 5.77. The average molecular weight is 412 g/mol. The van der Waals surface area contributed by atoms with Gasteiger partial charge in [-0.2, -0.15) is 0 Å². The standard InChI is InChI=1S/C23H33N5O2/c1-4-6-16(3)20(5-2)30-15-21-27-22-18(23(29)28-21)9-12-26-19(22)14-25-13-17-7-10-24-11-8-17/h5-6,9,12,17,24-25H,4,7-8,10-11,13-15H2,1-3H3,(H,27,28,29)/b16-6-,20-5+. The maximum atomic E-state index is 12.6. The minimum absolute atomic E-state index is 0.163. The summed E-state index contributed by atoms with van der Waals surface area (Å²) in [5.41, 5.74) is 2.35. The molecule has 0 radical (unpaired) electrons. The number of pyridine rings is 1. The van der Waals surface area contributed by atoms with Crippen LogP contribution >= 0.6 is 0 Å². The first kappa shape index (κ1) is 22.2. The average Bonchev–Trinajstić information content (AvgIpc) is 2.75. The number of nitrogens with zero attached hydrogens (tertiary/aromatic N) is 2. The molecule has 30 heavy (non-hydrogen) atoms. The second-order valence-corrected chi connectivity index (χ2v) is 7.73. The lowest BCUT2D eigenvalue weighted by Crippen LogP contribution is -2.33. The summed E-state index contributed by atoms with van der Waals surface area (Å²) in [5.74, 6) is 1.98. The summed E-state index contributed by atoms with van der Waals surface area (Å²) >= 11 is 0. The van der Waals surface area contributed by atoms with Crippen LogP contribution in [0.2, 0.25) is 0 Å². The summed E-state index contributed by atoms with van der Waals surface area (Å²) in [5, 5.41) is 7.45. The monoisotopic (exact) mass is 411 g/mol. The third-order valence-corrected chi connectivity index (χ3v) is 5.46. The van der Waals surface area contributed by atoms with Crippen LogP contribution in [-0.4, -0.2) is 34.6 Å². The zero-order valence-electron chi connectivity index (χ0n) is 18.3. The molecule has 0 unspecified atom stereocenters. The van der Waals surface area contributed by atoms with Crippen molar-refractivity contribution in [3.63, 3.8) is 0 Å². The Morgan fingerprint density at radius 2 is 2.17 bits per heavy atom. The van der Waals surface area contributed by atoms with Gasteiger partial charge in [0.2, 0.25) is 0 Å². The Bertz CT molecular complexity index is 958. The topological polar surface area (TPSA) is 91.9 Å². The number of aromatic nitrogens is 3. The highest BCUT2D eigenvalue weighted by molar-refractivity contribution is 5.79. The number of aromatic amines is 1. The number of H-pyrrole nitrogens is 1. The van der Waals surface area contributed by atoms with Crippen molar-refractivity contribution in [3.05, 3.63) is 57.6 Å². The first-order valence-corrected chi connectivity index (χ1v) is 10.9. The number of ether oxygens (including phenoxy) is 1. The molecule has 7 heteroatoms. The van der Waals surface area contributed by atoms with Gasteiger partial charge < -0.3 is 20.4 Å². The predicted octanol–water partition coefficient (Wildman–Crippen LogP) is 3.18. The third-order valence-electron chi connectivity index (χ3n) is 5.46. The van der Waals surface area contributed by atoms with Crippen molar-refractivity contribution in [2.24, 2.45) is 5.92 Å². The van der Waals surface area contributed by atoms with Gasteiger partial charge in [-0.1, -0.05) is 13.0 Å². The normalized spacial score (nSPS) is 16.2. The van der Waals surface area contributed by atoms with Crippen molar-refractivity contribution < 1.29 is 4.74 Å². The number of hydrogen-bond donors (Lipinski definition) is 3. The lowest BCUT2D eigenvalue weighted by atomic mass is 9.98. The van der Waals surface area contributed by atoms with Gasteiger partial charge >= 0.3 is 0 Å². The number of fused-ring (bicyclic) bond motifs is 1. The van der Waals surface area contributed by atoms with Crippen LogP contribution in [0.15, 0.2) is 40.5 Å². The molecule has 0 aliphatic carbocycles. The lowest BCUT2D eigenvalue weighted by Gasteiger charge is -2.22. The molecule has 0 amide bonds. The molecule has 3 heterocycles. The summed E-state index contributed by atoms with van der Waals surface area (Å²) in [6.45, 7) is 9.97. The Hall–Kier alpha value is -2.51. The number of hydrogen-bond acceptors (Lipinski definition) is 6. The maximum Gasteiger partial charge on any atom is 0.258 e. The Kier molecular flexibility index (Phi) is 8.16. The SMILES string of the molecule is C/C=C(OCc1nc2c(CNCC3CCNCC3)nccc2c(=O)[nH]1)\C(C)=C/CC. The van der Waals surface area contributed by atoms with Gasteiger partial charge in [0.05, 0.1) is 11.1 Å². The van der Waals surface area contributed by atoms with E-state index in [1.54, 1.807) is 12.3 Å². The van der Waals surface area contributed by atoms with Crippen LogP contribution in [0, 0.1) is 5.92 Å². The minimum Gasteiger partial charge on any atom is -0.486 e. The van der Waals surface area contributed by atoms with E-state index in [1.165, 1.54) is 12.8 Å². The van der Waals surface area contributed by atoms with Crippen molar-refractivity contribution in [2.45, 2.75) is 53.2 Å². The van der Waals surface area contributed by atoms with E-state index >= 15 is 0 Å². The van der Waals surface area contributed by atoms with E-state index in [0.717, 1.165) is 43.1 Å². The second kappa shape index (κ2) is 11.0. The molecule has 3 rings (SSSR count). The molecular weight excluding hydrogens is 378 g/mol. The molecule has 3 N–H and O–H groups in total. The molecule has 0 spiro atoms. The number of nitrogens with one attached hydrogen (secondary N) is 3. The summed E-state index contributed by atoms with van der Waals surface area (Å²) in [4.78, 5) is 24.6. The molecule has 1 fully saturated rings. The van der Waals surface area contributed by atoms with Crippen LogP contribution in [0.25, 0.3) is 10.9 Å². The Labute approximate surface area is 178 Å². The largest absolute Gasteiger partial charge is 0.486 e. The maximum absolute atomic E-state index is 12.6. The van der Waals surface area contributed by atoms with Crippen molar-refractivity contribution in [1.29, 1.82) is 0 Å².